The number of nitrogens with one attached hydrogen (secondary N) is 1. The fraction of sp³-hybridized carbons (Fsp3) is 0.929. The molecule has 4 heteroatoms. The predicted molar refractivity (Wildman–Crippen MR) is 71.7 cm³/mol. The predicted octanol–water partition coefficient (Wildman–Crippen LogP) is 2.43. The molecule has 0 amide bonds. The molecule has 0 aromatic heterocycles. The molecular weight excluding hydrogens is 230 g/mol. The lowest BCUT2D eigenvalue weighted by atomic mass is 9.90. The van der Waals surface area contributed by atoms with E-state index in [1.807, 2.05) is 13.8 Å². The molecule has 4 nitrogen and oxygen atoms in total. The summed E-state index contributed by atoms with van der Waals surface area (Å²) in [4.78, 5) is 11.4. The van der Waals surface area contributed by atoms with E-state index in [4.69, 9.17) is 4.74 Å². The van der Waals surface area contributed by atoms with Gasteiger partial charge in [-0.2, -0.15) is 0 Å². The normalized spacial score (nSPS) is 18.6. The van der Waals surface area contributed by atoms with Gasteiger partial charge in [-0.3, -0.25) is 4.79 Å². The third-order valence-electron chi connectivity index (χ3n) is 3.67. The molecule has 18 heavy (non-hydrogen) atoms. The van der Waals surface area contributed by atoms with Gasteiger partial charge in [-0.25, -0.2) is 0 Å². The first-order valence-electron chi connectivity index (χ1n) is 7.20. The number of carboxylic acid groups (broad SMARTS) is 1. The van der Waals surface area contributed by atoms with Crippen LogP contribution in [0.15, 0.2) is 0 Å². The average molecular weight is 257 g/mol. The summed E-state index contributed by atoms with van der Waals surface area (Å²) in [6.45, 7) is 6.27. The zero-order valence-electron chi connectivity index (χ0n) is 11.7. The van der Waals surface area contributed by atoms with Crippen LogP contribution in [0.2, 0.25) is 0 Å². The van der Waals surface area contributed by atoms with E-state index in [-0.39, 0.29) is 0 Å². The minimum absolute atomic E-state index is 0.616. The van der Waals surface area contributed by atoms with E-state index < -0.39 is 11.5 Å². The Labute approximate surface area is 110 Å². The van der Waals surface area contributed by atoms with Crippen molar-refractivity contribution in [2.75, 3.05) is 19.8 Å². The van der Waals surface area contributed by atoms with Crippen LogP contribution in [0.1, 0.15) is 52.4 Å². The maximum Gasteiger partial charge on any atom is 0.323 e. The van der Waals surface area contributed by atoms with Gasteiger partial charge in [-0.05, 0) is 51.0 Å². The number of carbonyl (C=O) groups is 1. The lowest BCUT2D eigenvalue weighted by Crippen LogP contribution is -2.52. The summed E-state index contributed by atoms with van der Waals surface area (Å²) in [6, 6.07) is 0. The number of hydrogen-bond acceptors (Lipinski definition) is 3. The lowest BCUT2D eigenvalue weighted by Gasteiger charge is -2.29. The second-order valence-electron chi connectivity index (χ2n) is 5.29. The van der Waals surface area contributed by atoms with Crippen molar-refractivity contribution in [1.29, 1.82) is 0 Å². The fourth-order valence-electron chi connectivity index (χ4n) is 2.10. The number of aliphatic carboxylic acids is 1. The minimum Gasteiger partial charge on any atom is -0.480 e. The van der Waals surface area contributed by atoms with Gasteiger partial charge in [-0.1, -0.05) is 13.8 Å². The Hall–Kier alpha value is -0.610. The van der Waals surface area contributed by atoms with Gasteiger partial charge in [0.15, 0.2) is 0 Å². The van der Waals surface area contributed by atoms with Gasteiger partial charge in [0.2, 0.25) is 0 Å². The van der Waals surface area contributed by atoms with Crippen LogP contribution < -0.4 is 5.32 Å². The molecule has 0 aromatic rings. The Morgan fingerprint density at radius 1 is 1.44 bits per heavy atom. The largest absolute Gasteiger partial charge is 0.480 e. The molecule has 0 radical (unpaired) electrons. The smallest absolute Gasteiger partial charge is 0.323 e. The van der Waals surface area contributed by atoms with Crippen LogP contribution in [0.25, 0.3) is 0 Å². The first kappa shape index (κ1) is 15.4. The fourth-order valence-corrected chi connectivity index (χ4v) is 2.10. The van der Waals surface area contributed by atoms with Crippen LogP contribution in [-0.4, -0.2) is 36.4 Å². The van der Waals surface area contributed by atoms with Crippen molar-refractivity contribution >= 4 is 5.97 Å². The molecule has 0 aromatic carbocycles. The average Bonchev–Trinajstić information content (AvgIpc) is 3.16. The molecule has 1 rings (SSSR count). The topological polar surface area (TPSA) is 58.6 Å². The zero-order chi connectivity index (χ0) is 13.4. The van der Waals surface area contributed by atoms with Gasteiger partial charge in [0.05, 0.1) is 0 Å². The molecule has 0 spiro atoms. The summed E-state index contributed by atoms with van der Waals surface area (Å²) in [6.07, 6.45) is 5.61. The molecule has 1 aliphatic carbocycles. The van der Waals surface area contributed by atoms with Crippen LogP contribution in [0, 0.1) is 5.92 Å². The Morgan fingerprint density at radius 2 is 2.17 bits per heavy atom. The highest BCUT2D eigenvalue weighted by Gasteiger charge is 2.35. The number of ether oxygens (including phenoxy) is 1. The number of rotatable bonds is 11. The maximum absolute atomic E-state index is 11.4. The quantitative estimate of drug-likeness (QED) is 0.558. The molecule has 106 valence electrons. The first-order valence-corrected chi connectivity index (χ1v) is 7.20. The van der Waals surface area contributed by atoms with E-state index in [1.165, 1.54) is 12.8 Å². The highest BCUT2D eigenvalue weighted by atomic mass is 16.5. The van der Waals surface area contributed by atoms with Gasteiger partial charge < -0.3 is 15.2 Å². The summed E-state index contributed by atoms with van der Waals surface area (Å²) in [5.74, 6) is 0.0410. The number of carboxylic acids is 1. The molecule has 1 fully saturated rings. The summed E-state index contributed by atoms with van der Waals surface area (Å²) in [5.41, 5.74) is -0.765. The van der Waals surface area contributed by atoms with Crippen molar-refractivity contribution in [3.05, 3.63) is 0 Å². The highest BCUT2D eigenvalue weighted by Crippen LogP contribution is 2.29. The van der Waals surface area contributed by atoms with E-state index in [1.54, 1.807) is 0 Å². The van der Waals surface area contributed by atoms with Crippen LogP contribution in [0.5, 0.6) is 0 Å². The third-order valence-corrected chi connectivity index (χ3v) is 3.67. The van der Waals surface area contributed by atoms with Gasteiger partial charge in [0, 0.05) is 13.2 Å². The van der Waals surface area contributed by atoms with Crippen molar-refractivity contribution in [3.63, 3.8) is 0 Å². The van der Waals surface area contributed by atoms with Gasteiger partial charge in [0.1, 0.15) is 5.54 Å². The standard InChI is InChI=1S/C14H27NO3/c1-3-9-15-14(4-2,13(16)17)8-5-10-18-11-12-6-7-12/h12,15H,3-11H2,1-2H3,(H,16,17). The molecule has 0 bridgehead atoms. The Balaban J connectivity index is 2.26. The highest BCUT2D eigenvalue weighted by molar-refractivity contribution is 5.78. The maximum atomic E-state index is 11.4. The molecule has 0 aliphatic heterocycles. The lowest BCUT2D eigenvalue weighted by molar-refractivity contribution is -0.145. The van der Waals surface area contributed by atoms with E-state index >= 15 is 0 Å². The summed E-state index contributed by atoms with van der Waals surface area (Å²) < 4.78 is 5.56. The molecule has 1 atom stereocenters. The second-order valence-corrected chi connectivity index (χ2v) is 5.29. The monoisotopic (exact) mass is 257 g/mol. The van der Waals surface area contributed by atoms with Gasteiger partial charge in [0.25, 0.3) is 0 Å². The molecule has 1 unspecified atom stereocenters. The Bertz CT molecular complexity index is 253. The van der Waals surface area contributed by atoms with E-state index in [9.17, 15) is 9.90 Å². The Morgan fingerprint density at radius 3 is 2.67 bits per heavy atom. The summed E-state index contributed by atoms with van der Waals surface area (Å²) in [7, 11) is 0. The van der Waals surface area contributed by atoms with Gasteiger partial charge in [-0.15, -0.1) is 0 Å². The molecule has 0 heterocycles. The van der Waals surface area contributed by atoms with E-state index in [0.29, 0.717) is 19.4 Å². The minimum atomic E-state index is -0.765. The first-order chi connectivity index (χ1) is 8.64. The summed E-state index contributed by atoms with van der Waals surface area (Å²) >= 11 is 0. The van der Waals surface area contributed by atoms with Gasteiger partial charge >= 0.3 is 5.97 Å². The second kappa shape index (κ2) is 7.74. The molecule has 2 N–H and O–H groups in total. The van der Waals surface area contributed by atoms with Crippen molar-refractivity contribution in [2.45, 2.75) is 57.9 Å². The third kappa shape index (κ3) is 4.94. The van der Waals surface area contributed by atoms with E-state index in [2.05, 4.69) is 5.32 Å². The van der Waals surface area contributed by atoms with Crippen molar-refractivity contribution in [1.82, 2.24) is 5.32 Å². The van der Waals surface area contributed by atoms with Crippen LogP contribution in [-0.2, 0) is 9.53 Å². The summed E-state index contributed by atoms with van der Waals surface area (Å²) in [5, 5.41) is 12.6. The van der Waals surface area contributed by atoms with Crippen molar-refractivity contribution < 1.29 is 14.6 Å². The van der Waals surface area contributed by atoms with Crippen LogP contribution in [0.3, 0.4) is 0 Å². The SMILES string of the molecule is CCCNC(CC)(CCCOCC1CC1)C(=O)O. The number of hydrogen-bond donors (Lipinski definition) is 2. The molecule has 1 aliphatic rings. The van der Waals surface area contributed by atoms with Crippen LogP contribution >= 0.6 is 0 Å². The molecule has 0 saturated heterocycles. The van der Waals surface area contributed by atoms with E-state index in [0.717, 1.165) is 31.9 Å². The van der Waals surface area contributed by atoms with Crippen molar-refractivity contribution in [2.24, 2.45) is 5.92 Å². The van der Waals surface area contributed by atoms with Crippen molar-refractivity contribution in [3.8, 4) is 0 Å². The molecular formula is C14H27NO3. The zero-order valence-corrected chi connectivity index (χ0v) is 11.7. The Kier molecular flexibility index (Phi) is 6.65. The van der Waals surface area contributed by atoms with Crippen LogP contribution in [0.4, 0.5) is 0 Å². The molecule has 1 saturated carbocycles.